The van der Waals surface area contributed by atoms with E-state index in [-0.39, 0.29) is 12.5 Å². The van der Waals surface area contributed by atoms with Gasteiger partial charge in [-0.05, 0) is 32.4 Å². The largest absolute Gasteiger partial charge is 0.397 e. The lowest BCUT2D eigenvalue weighted by Crippen LogP contribution is -2.38. The SMILES string of the molecule is CCN(CC(N)=O)C(=O)c1sc2nc(C)cc(C)c2c1N. The highest BCUT2D eigenvalue weighted by molar-refractivity contribution is 7.21. The first-order chi connectivity index (χ1) is 9.85. The van der Waals surface area contributed by atoms with Crippen LogP contribution in [0.2, 0.25) is 0 Å². The molecule has 4 N–H and O–H groups in total. The fourth-order valence-electron chi connectivity index (χ4n) is 2.29. The zero-order valence-electron chi connectivity index (χ0n) is 12.3. The van der Waals surface area contributed by atoms with Gasteiger partial charge in [-0.2, -0.15) is 0 Å². The molecular formula is C14H18N4O2S. The van der Waals surface area contributed by atoms with Gasteiger partial charge in [0.25, 0.3) is 5.91 Å². The van der Waals surface area contributed by atoms with E-state index in [1.165, 1.54) is 16.2 Å². The van der Waals surface area contributed by atoms with E-state index in [2.05, 4.69) is 4.98 Å². The van der Waals surface area contributed by atoms with E-state index >= 15 is 0 Å². The molecule has 2 rings (SSSR count). The summed E-state index contributed by atoms with van der Waals surface area (Å²) in [5, 5.41) is 0.809. The average Bonchev–Trinajstić information content (AvgIpc) is 2.72. The minimum atomic E-state index is -0.546. The van der Waals surface area contributed by atoms with Crippen molar-refractivity contribution in [3.05, 3.63) is 22.2 Å². The van der Waals surface area contributed by atoms with E-state index in [1.807, 2.05) is 19.9 Å². The Bertz CT molecular complexity index is 723. The van der Waals surface area contributed by atoms with Gasteiger partial charge in [0.2, 0.25) is 5.91 Å². The quantitative estimate of drug-likeness (QED) is 0.892. The molecule has 0 bridgehead atoms. The summed E-state index contributed by atoms with van der Waals surface area (Å²) in [5.74, 6) is -0.830. The Morgan fingerprint density at radius 1 is 1.38 bits per heavy atom. The van der Waals surface area contributed by atoms with E-state index in [9.17, 15) is 9.59 Å². The third-order valence-corrected chi connectivity index (χ3v) is 4.32. The summed E-state index contributed by atoms with van der Waals surface area (Å²) < 4.78 is 0. The zero-order chi connectivity index (χ0) is 15.7. The summed E-state index contributed by atoms with van der Waals surface area (Å²) in [6.07, 6.45) is 0. The summed E-state index contributed by atoms with van der Waals surface area (Å²) in [6, 6.07) is 1.93. The molecular weight excluding hydrogens is 288 g/mol. The Balaban J connectivity index is 2.51. The first kappa shape index (κ1) is 15.2. The number of rotatable bonds is 4. The molecule has 0 aliphatic rings. The monoisotopic (exact) mass is 306 g/mol. The predicted molar refractivity (Wildman–Crippen MR) is 84.3 cm³/mol. The lowest BCUT2D eigenvalue weighted by molar-refractivity contribution is -0.118. The number of aromatic nitrogens is 1. The Kier molecular flexibility index (Phi) is 4.13. The molecule has 0 fully saturated rings. The Labute approximate surface area is 126 Å². The van der Waals surface area contributed by atoms with Gasteiger partial charge in [0, 0.05) is 17.6 Å². The molecule has 2 heterocycles. The number of nitrogens with zero attached hydrogens (tertiary/aromatic N) is 2. The Morgan fingerprint density at radius 2 is 2.05 bits per heavy atom. The molecule has 0 atom stereocenters. The van der Waals surface area contributed by atoms with Crippen molar-refractivity contribution in [2.24, 2.45) is 5.73 Å². The molecule has 2 amide bonds. The van der Waals surface area contributed by atoms with Gasteiger partial charge in [-0.1, -0.05) is 0 Å². The molecule has 0 radical (unpaired) electrons. The maximum atomic E-state index is 12.5. The standard InChI is InChI=1S/C14H18N4O2S/c1-4-18(6-9(15)19)14(20)12-11(16)10-7(2)5-8(3)17-13(10)21-12/h5H,4,6,16H2,1-3H3,(H2,15,19). The maximum absolute atomic E-state index is 12.5. The van der Waals surface area contributed by atoms with Gasteiger partial charge in [0.1, 0.15) is 9.71 Å². The third-order valence-electron chi connectivity index (χ3n) is 3.23. The maximum Gasteiger partial charge on any atom is 0.266 e. The molecule has 2 aromatic rings. The van der Waals surface area contributed by atoms with Crippen molar-refractivity contribution in [1.29, 1.82) is 0 Å². The van der Waals surface area contributed by atoms with Crippen molar-refractivity contribution in [3.8, 4) is 0 Å². The van der Waals surface area contributed by atoms with Crippen molar-refractivity contribution in [2.75, 3.05) is 18.8 Å². The number of amides is 2. The molecule has 0 aliphatic heterocycles. The zero-order valence-corrected chi connectivity index (χ0v) is 13.1. The molecule has 7 heteroatoms. The second kappa shape index (κ2) is 5.69. The summed E-state index contributed by atoms with van der Waals surface area (Å²) in [5.41, 5.74) is 13.6. The van der Waals surface area contributed by atoms with Crippen LogP contribution in [0.25, 0.3) is 10.2 Å². The highest BCUT2D eigenvalue weighted by Crippen LogP contribution is 2.35. The highest BCUT2D eigenvalue weighted by Gasteiger charge is 2.23. The van der Waals surface area contributed by atoms with Crippen molar-refractivity contribution >= 4 is 39.1 Å². The van der Waals surface area contributed by atoms with Gasteiger partial charge in [-0.15, -0.1) is 11.3 Å². The summed E-state index contributed by atoms with van der Waals surface area (Å²) >= 11 is 1.25. The molecule has 21 heavy (non-hydrogen) atoms. The first-order valence-corrected chi connectivity index (χ1v) is 7.40. The normalized spacial score (nSPS) is 10.8. The molecule has 0 saturated heterocycles. The van der Waals surface area contributed by atoms with E-state index in [1.54, 1.807) is 6.92 Å². The molecule has 0 unspecified atom stereocenters. The van der Waals surface area contributed by atoms with E-state index in [0.29, 0.717) is 17.1 Å². The van der Waals surface area contributed by atoms with E-state index < -0.39 is 5.91 Å². The minimum Gasteiger partial charge on any atom is -0.397 e. The Morgan fingerprint density at radius 3 is 2.62 bits per heavy atom. The second-order valence-corrected chi connectivity index (χ2v) is 5.89. The number of hydrogen-bond donors (Lipinski definition) is 2. The number of nitrogens with two attached hydrogens (primary N) is 2. The number of aryl methyl sites for hydroxylation is 2. The van der Waals surface area contributed by atoms with Crippen molar-refractivity contribution in [1.82, 2.24) is 9.88 Å². The summed E-state index contributed by atoms with van der Waals surface area (Å²) in [4.78, 5) is 30.5. The number of carbonyl (C=O) groups is 2. The average molecular weight is 306 g/mol. The van der Waals surface area contributed by atoms with Gasteiger partial charge in [0.15, 0.2) is 0 Å². The van der Waals surface area contributed by atoms with Crippen LogP contribution in [0, 0.1) is 13.8 Å². The van der Waals surface area contributed by atoms with E-state index in [4.69, 9.17) is 11.5 Å². The number of nitrogen functional groups attached to an aromatic ring is 1. The number of hydrogen-bond acceptors (Lipinski definition) is 5. The molecule has 0 aliphatic carbocycles. The third kappa shape index (κ3) is 2.82. The van der Waals surface area contributed by atoms with Gasteiger partial charge >= 0.3 is 0 Å². The number of carbonyl (C=O) groups excluding carboxylic acids is 2. The van der Waals surface area contributed by atoms with Crippen LogP contribution in [0.1, 0.15) is 27.9 Å². The van der Waals surface area contributed by atoms with Crippen molar-refractivity contribution in [2.45, 2.75) is 20.8 Å². The van der Waals surface area contributed by atoms with Crippen LogP contribution in [0.5, 0.6) is 0 Å². The van der Waals surface area contributed by atoms with Crippen LogP contribution in [-0.4, -0.2) is 34.8 Å². The van der Waals surface area contributed by atoms with Gasteiger partial charge < -0.3 is 16.4 Å². The van der Waals surface area contributed by atoms with Crippen LogP contribution in [0.3, 0.4) is 0 Å². The summed E-state index contributed by atoms with van der Waals surface area (Å²) in [6.45, 7) is 5.90. The molecule has 0 aromatic carbocycles. The van der Waals surface area contributed by atoms with Crippen LogP contribution in [0.15, 0.2) is 6.07 Å². The van der Waals surface area contributed by atoms with Gasteiger partial charge in [-0.25, -0.2) is 4.98 Å². The topological polar surface area (TPSA) is 102 Å². The molecule has 0 saturated carbocycles. The molecule has 6 nitrogen and oxygen atoms in total. The van der Waals surface area contributed by atoms with Gasteiger partial charge in [-0.3, -0.25) is 9.59 Å². The lowest BCUT2D eigenvalue weighted by Gasteiger charge is -2.18. The molecule has 0 spiro atoms. The number of primary amides is 1. The smallest absolute Gasteiger partial charge is 0.266 e. The molecule has 2 aromatic heterocycles. The van der Waals surface area contributed by atoms with Crippen LogP contribution >= 0.6 is 11.3 Å². The van der Waals surface area contributed by atoms with Crippen LogP contribution < -0.4 is 11.5 Å². The minimum absolute atomic E-state index is 0.117. The van der Waals surface area contributed by atoms with Crippen LogP contribution in [0.4, 0.5) is 5.69 Å². The fourth-order valence-corrected chi connectivity index (χ4v) is 3.47. The fraction of sp³-hybridized carbons (Fsp3) is 0.357. The first-order valence-electron chi connectivity index (χ1n) is 6.59. The second-order valence-electron chi connectivity index (χ2n) is 4.89. The number of thiophene rings is 1. The van der Waals surface area contributed by atoms with Gasteiger partial charge in [0.05, 0.1) is 12.2 Å². The van der Waals surface area contributed by atoms with E-state index in [0.717, 1.165) is 21.5 Å². The predicted octanol–water partition coefficient (Wildman–Crippen LogP) is 1.44. The Hall–Kier alpha value is -2.15. The van der Waals surface area contributed by atoms with Crippen LogP contribution in [-0.2, 0) is 4.79 Å². The lowest BCUT2D eigenvalue weighted by atomic mass is 10.1. The molecule has 112 valence electrons. The van der Waals surface area contributed by atoms with Crippen molar-refractivity contribution < 1.29 is 9.59 Å². The number of anilines is 1. The summed E-state index contributed by atoms with van der Waals surface area (Å²) in [7, 11) is 0. The number of fused-ring (bicyclic) bond motifs is 1. The highest BCUT2D eigenvalue weighted by atomic mass is 32.1. The number of likely N-dealkylation sites (N-methyl/N-ethyl adjacent to an activating group) is 1. The van der Waals surface area contributed by atoms with Crippen molar-refractivity contribution in [3.63, 3.8) is 0 Å². The number of pyridine rings is 1.